The number of hydrogen-bond acceptors (Lipinski definition) is 3. The standard InChI is InChI=1S/C16H20N2O2/c1-20-11-12-4-6-18(7-5-12)16(19)13-2-3-14-9-17-10-15(14)8-13/h2-4,8,17H,5-7,9-11H2,1H3. The molecule has 2 aliphatic rings. The average molecular weight is 272 g/mol. The Morgan fingerprint density at radius 2 is 2.20 bits per heavy atom. The largest absolute Gasteiger partial charge is 0.380 e. The third-order valence-corrected chi connectivity index (χ3v) is 4.00. The van der Waals surface area contributed by atoms with Crippen LogP contribution in [-0.2, 0) is 17.8 Å². The molecule has 0 atom stereocenters. The van der Waals surface area contributed by atoms with Crippen LogP contribution < -0.4 is 5.32 Å². The van der Waals surface area contributed by atoms with Crippen molar-refractivity contribution in [2.24, 2.45) is 0 Å². The number of benzene rings is 1. The Morgan fingerprint density at radius 3 is 2.95 bits per heavy atom. The molecule has 2 aliphatic heterocycles. The first-order chi connectivity index (χ1) is 9.78. The molecule has 0 fully saturated rings. The number of nitrogens with one attached hydrogen (secondary N) is 1. The summed E-state index contributed by atoms with van der Waals surface area (Å²) in [4.78, 5) is 14.4. The normalized spacial score (nSPS) is 17.9. The van der Waals surface area contributed by atoms with Gasteiger partial charge in [0, 0.05) is 38.9 Å². The molecular weight excluding hydrogens is 252 g/mol. The van der Waals surface area contributed by atoms with Gasteiger partial charge in [-0.05, 0) is 35.3 Å². The Labute approximate surface area is 119 Å². The molecule has 0 saturated carbocycles. The summed E-state index contributed by atoms with van der Waals surface area (Å²) in [7, 11) is 1.71. The van der Waals surface area contributed by atoms with E-state index in [9.17, 15) is 4.79 Å². The SMILES string of the molecule is COCC1=CCN(C(=O)c2ccc3c(c2)CNC3)CC1. The Hall–Kier alpha value is -1.65. The first-order valence-corrected chi connectivity index (χ1v) is 7.06. The number of carbonyl (C=O) groups is 1. The zero-order valence-electron chi connectivity index (χ0n) is 11.8. The lowest BCUT2D eigenvalue weighted by atomic mass is 10.0. The maximum absolute atomic E-state index is 12.5. The van der Waals surface area contributed by atoms with Crippen LogP contribution in [0.5, 0.6) is 0 Å². The van der Waals surface area contributed by atoms with Crippen molar-refractivity contribution in [3.05, 3.63) is 46.5 Å². The van der Waals surface area contributed by atoms with Gasteiger partial charge in [0.25, 0.3) is 5.91 Å². The summed E-state index contributed by atoms with van der Waals surface area (Å²) in [6, 6.07) is 6.05. The van der Waals surface area contributed by atoms with Crippen molar-refractivity contribution in [2.45, 2.75) is 19.5 Å². The molecule has 0 saturated heterocycles. The lowest BCUT2D eigenvalue weighted by Crippen LogP contribution is -2.35. The molecule has 3 rings (SSSR count). The number of ether oxygens (including phenoxy) is 1. The van der Waals surface area contributed by atoms with Crippen molar-refractivity contribution < 1.29 is 9.53 Å². The van der Waals surface area contributed by atoms with Crippen molar-refractivity contribution in [3.8, 4) is 0 Å². The zero-order chi connectivity index (χ0) is 13.9. The van der Waals surface area contributed by atoms with E-state index >= 15 is 0 Å². The molecule has 1 amide bonds. The molecular formula is C16H20N2O2. The highest BCUT2D eigenvalue weighted by Crippen LogP contribution is 2.19. The fraction of sp³-hybridized carbons (Fsp3) is 0.438. The Bertz CT molecular complexity index is 551. The van der Waals surface area contributed by atoms with E-state index in [2.05, 4.69) is 17.5 Å². The van der Waals surface area contributed by atoms with E-state index in [0.29, 0.717) is 13.2 Å². The quantitative estimate of drug-likeness (QED) is 0.852. The molecule has 106 valence electrons. The fourth-order valence-electron chi connectivity index (χ4n) is 2.82. The highest BCUT2D eigenvalue weighted by Gasteiger charge is 2.20. The number of rotatable bonds is 3. The highest BCUT2D eigenvalue weighted by atomic mass is 16.5. The van der Waals surface area contributed by atoms with Gasteiger partial charge < -0.3 is 15.0 Å². The van der Waals surface area contributed by atoms with Gasteiger partial charge in [0.05, 0.1) is 6.61 Å². The second kappa shape index (κ2) is 5.77. The number of methoxy groups -OCH3 is 1. The van der Waals surface area contributed by atoms with E-state index in [-0.39, 0.29) is 5.91 Å². The molecule has 2 heterocycles. The van der Waals surface area contributed by atoms with E-state index in [0.717, 1.165) is 31.6 Å². The molecule has 0 bridgehead atoms. The molecule has 4 nitrogen and oxygen atoms in total. The summed E-state index contributed by atoms with van der Waals surface area (Å²) in [6.45, 7) is 3.92. The molecule has 20 heavy (non-hydrogen) atoms. The number of amides is 1. The predicted molar refractivity (Wildman–Crippen MR) is 77.5 cm³/mol. The molecule has 0 aromatic heterocycles. The summed E-state index contributed by atoms with van der Waals surface area (Å²) in [6.07, 6.45) is 3.02. The first kappa shape index (κ1) is 13.3. The van der Waals surface area contributed by atoms with Crippen molar-refractivity contribution in [2.75, 3.05) is 26.8 Å². The second-order valence-corrected chi connectivity index (χ2v) is 5.38. The van der Waals surface area contributed by atoms with Crippen LogP contribution in [0.15, 0.2) is 29.8 Å². The minimum atomic E-state index is 0.132. The minimum Gasteiger partial charge on any atom is -0.380 e. The number of carbonyl (C=O) groups excluding carboxylic acids is 1. The molecule has 0 aliphatic carbocycles. The number of hydrogen-bond donors (Lipinski definition) is 1. The van der Waals surface area contributed by atoms with Crippen LogP contribution in [0.25, 0.3) is 0 Å². The van der Waals surface area contributed by atoms with E-state index < -0.39 is 0 Å². The van der Waals surface area contributed by atoms with Gasteiger partial charge in [-0.15, -0.1) is 0 Å². The lowest BCUT2D eigenvalue weighted by molar-refractivity contribution is 0.0765. The van der Waals surface area contributed by atoms with E-state index in [4.69, 9.17) is 4.74 Å². The molecule has 1 N–H and O–H groups in total. The van der Waals surface area contributed by atoms with E-state index in [1.54, 1.807) is 7.11 Å². The van der Waals surface area contributed by atoms with E-state index in [1.807, 2.05) is 17.0 Å². The monoisotopic (exact) mass is 272 g/mol. The lowest BCUT2D eigenvalue weighted by Gasteiger charge is -2.26. The van der Waals surface area contributed by atoms with Gasteiger partial charge in [-0.1, -0.05) is 12.1 Å². The van der Waals surface area contributed by atoms with Gasteiger partial charge in [0.15, 0.2) is 0 Å². The van der Waals surface area contributed by atoms with Gasteiger partial charge in [0.2, 0.25) is 0 Å². The Balaban J connectivity index is 1.71. The Kier molecular flexibility index (Phi) is 3.85. The third-order valence-electron chi connectivity index (χ3n) is 4.00. The third kappa shape index (κ3) is 2.62. The van der Waals surface area contributed by atoms with Gasteiger partial charge in [0.1, 0.15) is 0 Å². The van der Waals surface area contributed by atoms with Crippen LogP contribution >= 0.6 is 0 Å². The Morgan fingerprint density at radius 1 is 1.35 bits per heavy atom. The number of fused-ring (bicyclic) bond motifs is 1. The number of nitrogens with zero attached hydrogens (tertiary/aromatic N) is 1. The maximum Gasteiger partial charge on any atom is 0.254 e. The summed E-state index contributed by atoms with van der Waals surface area (Å²) >= 11 is 0. The van der Waals surface area contributed by atoms with Crippen LogP contribution in [0, 0.1) is 0 Å². The minimum absolute atomic E-state index is 0.132. The molecule has 0 radical (unpaired) electrons. The van der Waals surface area contributed by atoms with Crippen LogP contribution in [0.4, 0.5) is 0 Å². The van der Waals surface area contributed by atoms with Gasteiger partial charge >= 0.3 is 0 Å². The summed E-state index contributed by atoms with van der Waals surface area (Å²) in [5, 5.41) is 3.30. The van der Waals surface area contributed by atoms with Crippen LogP contribution in [0.2, 0.25) is 0 Å². The first-order valence-electron chi connectivity index (χ1n) is 7.06. The molecule has 0 spiro atoms. The second-order valence-electron chi connectivity index (χ2n) is 5.38. The predicted octanol–water partition coefficient (Wildman–Crippen LogP) is 1.71. The zero-order valence-corrected chi connectivity index (χ0v) is 11.8. The van der Waals surface area contributed by atoms with Crippen LogP contribution in [0.1, 0.15) is 27.9 Å². The van der Waals surface area contributed by atoms with Crippen molar-refractivity contribution >= 4 is 5.91 Å². The van der Waals surface area contributed by atoms with Gasteiger partial charge in [-0.3, -0.25) is 4.79 Å². The summed E-state index contributed by atoms with van der Waals surface area (Å²) < 4.78 is 5.13. The van der Waals surface area contributed by atoms with Gasteiger partial charge in [-0.2, -0.15) is 0 Å². The summed E-state index contributed by atoms with van der Waals surface area (Å²) in [5.41, 5.74) is 4.65. The molecule has 4 heteroatoms. The van der Waals surface area contributed by atoms with Crippen molar-refractivity contribution in [3.63, 3.8) is 0 Å². The van der Waals surface area contributed by atoms with Crippen LogP contribution in [-0.4, -0.2) is 37.6 Å². The topological polar surface area (TPSA) is 41.6 Å². The van der Waals surface area contributed by atoms with Crippen LogP contribution in [0.3, 0.4) is 0 Å². The van der Waals surface area contributed by atoms with Crippen molar-refractivity contribution in [1.82, 2.24) is 10.2 Å². The molecule has 0 unspecified atom stereocenters. The maximum atomic E-state index is 12.5. The van der Waals surface area contributed by atoms with Gasteiger partial charge in [-0.25, -0.2) is 0 Å². The van der Waals surface area contributed by atoms with Crippen molar-refractivity contribution in [1.29, 1.82) is 0 Å². The molecule has 1 aromatic carbocycles. The molecule has 1 aromatic rings. The smallest absolute Gasteiger partial charge is 0.254 e. The highest BCUT2D eigenvalue weighted by molar-refractivity contribution is 5.94. The summed E-state index contributed by atoms with van der Waals surface area (Å²) in [5.74, 6) is 0.132. The average Bonchev–Trinajstić information content (AvgIpc) is 2.95. The fourth-order valence-corrected chi connectivity index (χ4v) is 2.82. The van der Waals surface area contributed by atoms with E-state index in [1.165, 1.54) is 16.7 Å².